The highest BCUT2D eigenvalue weighted by Crippen LogP contribution is 2.25. The molecule has 3 nitrogen and oxygen atoms in total. The molecule has 19 heavy (non-hydrogen) atoms. The van der Waals surface area contributed by atoms with Crippen LogP contribution in [0.1, 0.15) is 37.8 Å². The number of hydrogen-bond acceptors (Lipinski definition) is 3. The molecule has 1 unspecified atom stereocenters. The minimum Gasteiger partial charge on any atom is -0.390 e. The van der Waals surface area contributed by atoms with Crippen LogP contribution in [0.3, 0.4) is 0 Å². The first-order chi connectivity index (χ1) is 8.98. The fourth-order valence-electron chi connectivity index (χ4n) is 2.51. The van der Waals surface area contributed by atoms with Crippen LogP contribution < -0.4 is 5.73 Å². The summed E-state index contributed by atoms with van der Waals surface area (Å²) in [7, 11) is 0. The van der Waals surface area contributed by atoms with Gasteiger partial charge in [0.25, 0.3) is 0 Å². The Bertz CT molecular complexity index is 412. The first-order valence-corrected chi connectivity index (χ1v) is 7.72. The fraction of sp³-hybridized carbons (Fsp3) is 0.600. The lowest BCUT2D eigenvalue weighted by atomic mass is 9.93. The molecular formula is C15H23BrN2O. The van der Waals surface area contributed by atoms with E-state index in [9.17, 15) is 5.11 Å². The van der Waals surface area contributed by atoms with E-state index in [4.69, 9.17) is 5.73 Å². The van der Waals surface area contributed by atoms with E-state index in [-0.39, 0.29) is 6.04 Å². The Morgan fingerprint density at radius 3 is 2.63 bits per heavy atom. The van der Waals surface area contributed by atoms with E-state index in [1.54, 1.807) is 0 Å². The van der Waals surface area contributed by atoms with Gasteiger partial charge in [-0.15, -0.1) is 0 Å². The third-order valence-corrected chi connectivity index (χ3v) is 4.72. The van der Waals surface area contributed by atoms with Crippen molar-refractivity contribution < 1.29 is 5.11 Å². The van der Waals surface area contributed by atoms with Crippen LogP contribution >= 0.6 is 15.9 Å². The highest BCUT2D eigenvalue weighted by atomic mass is 79.9. The Hall–Kier alpha value is -0.420. The second-order valence-electron chi connectivity index (χ2n) is 5.76. The maximum atomic E-state index is 9.93. The van der Waals surface area contributed by atoms with E-state index in [1.807, 2.05) is 25.1 Å². The molecule has 1 fully saturated rings. The molecule has 1 aromatic rings. The van der Waals surface area contributed by atoms with Crippen molar-refractivity contribution in [1.29, 1.82) is 0 Å². The van der Waals surface area contributed by atoms with E-state index in [0.717, 1.165) is 43.4 Å². The lowest BCUT2D eigenvalue weighted by Gasteiger charge is -2.36. The molecule has 1 saturated heterocycles. The monoisotopic (exact) mass is 326 g/mol. The van der Waals surface area contributed by atoms with Crippen molar-refractivity contribution in [3.63, 3.8) is 0 Å². The molecular weight excluding hydrogens is 304 g/mol. The van der Waals surface area contributed by atoms with Crippen LogP contribution in [0.15, 0.2) is 28.7 Å². The molecule has 0 bridgehead atoms. The molecule has 0 spiro atoms. The number of hydrogen-bond donors (Lipinski definition) is 2. The Morgan fingerprint density at radius 2 is 2.00 bits per heavy atom. The number of halogens is 1. The van der Waals surface area contributed by atoms with Gasteiger partial charge in [-0.25, -0.2) is 0 Å². The summed E-state index contributed by atoms with van der Waals surface area (Å²) in [6, 6.07) is 8.21. The van der Waals surface area contributed by atoms with Crippen LogP contribution in [0.2, 0.25) is 0 Å². The van der Waals surface area contributed by atoms with Gasteiger partial charge in [-0.1, -0.05) is 34.1 Å². The summed E-state index contributed by atoms with van der Waals surface area (Å²) in [4.78, 5) is 2.40. The molecule has 1 aliphatic heterocycles. The largest absolute Gasteiger partial charge is 0.390 e. The predicted octanol–water partition coefficient (Wildman–Crippen LogP) is 2.69. The normalized spacial score (nSPS) is 21.3. The number of rotatable bonds is 4. The average molecular weight is 327 g/mol. The minimum atomic E-state index is -0.471. The first kappa shape index (κ1) is 15.0. The number of nitrogens with two attached hydrogens (primary N) is 1. The highest BCUT2D eigenvalue weighted by molar-refractivity contribution is 9.10. The van der Waals surface area contributed by atoms with Gasteiger partial charge < -0.3 is 15.7 Å². The molecule has 0 aliphatic carbocycles. The van der Waals surface area contributed by atoms with E-state index in [1.165, 1.54) is 5.56 Å². The Balaban J connectivity index is 1.82. The minimum absolute atomic E-state index is 0.0676. The molecule has 106 valence electrons. The van der Waals surface area contributed by atoms with Crippen molar-refractivity contribution in [2.24, 2.45) is 5.73 Å². The second-order valence-corrected chi connectivity index (χ2v) is 6.61. The van der Waals surface area contributed by atoms with E-state index >= 15 is 0 Å². The summed E-state index contributed by atoms with van der Waals surface area (Å²) in [5, 5.41) is 9.93. The summed E-state index contributed by atoms with van der Waals surface area (Å²) in [5.41, 5.74) is 6.96. The molecule has 0 amide bonds. The smallest absolute Gasteiger partial charge is 0.0644 e. The van der Waals surface area contributed by atoms with Crippen molar-refractivity contribution in [3.05, 3.63) is 34.3 Å². The molecule has 0 radical (unpaired) electrons. The molecule has 4 heteroatoms. The molecule has 2 rings (SSSR count). The topological polar surface area (TPSA) is 49.5 Å². The van der Waals surface area contributed by atoms with Gasteiger partial charge in [-0.3, -0.25) is 0 Å². The van der Waals surface area contributed by atoms with Crippen molar-refractivity contribution in [3.8, 4) is 0 Å². The fourth-order valence-corrected chi connectivity index (χ4v) is 3.09. The van der Waals surface area contributed by atoms with Crippen LogP contribution in [-0.2, 0) is 0 Å². The molecule has 1 aromatic carbocycles. The van der Waals surface area contributed by atoms with Gasteiger partial charge in [0.15, 0.2) is 0 Å². The van der Waals surface area contributed by atoms with Crippen molar-refractivity contribution in [1.82, 2.24) is 4.90 Å². The lowest BCUT2D eigenvalue weighted by Crippen LogP contribution is -2.43. The number of nitrogens with zero attached hydrogens (tertiary/aromatic N) is 1. The summed E-state index contributed by atoms with van der Waals surface area (Å²) in [5.74, 6) is 0. The number of aliphatic hydroxyl groups is 1. The summed E-state index contributed by atoms with van der Waals surface area (Å²) < 4.78 is 1.09. The van der Waals surface area contributed by atoms with Crippen LogP contribution in [0, 0.1) is 0 Å². The number of piperidine rings is 1. The first-order valence-electron chi connectivity index (χ1n) is 6.93. The molecule has 0 aromatic heterocycles. The van der Waals surface area contributed by atoms with Gasteiger partial charge in [-0.05, 0) is 44.4 Å². The average Bonchev–Trinajstić information content (AvgIpc) is 2.38. The zero-order valence-corrected chi connectivity index (χ0v) is 13.1. The second kappa shape index (κ2) is 6.35. The van der Waals surface area contributed by atoms with Gasteiger partial charge in [0.2, 0.25) is 0 Å². The Labute approximate surface area is 123 Å². The molecule has 1 atom stereocenters. The molecule has 1 aliphatic rings. The molecule has 0 saturated carbocycles. The standard InChI is InChI=1S/C15H23BrN2O/c1-15(19)7-10-18(11-8-15)9-6-14(17)12-4-2-3-5-13(12)16/h2-5,14,19H,6-11,17H2,1H3. The summed E-state index contributed by atoms with van der Waals surface area (Å²) in [6.45, 7) is 4.86. The lowest BCUT2D eigenvalue weighted by molar-refractivity contribution is -0.00576. The zero-order chi connectivity index (χ0) is 13.9. The van der Waals surface area contributed by atoms with Gasteiger partial charge in [0, 0.05) is 23.6 Å². The summed E-state index contributed by atoms with van der Waals surface area (Å²) in [6.07, 6.45) is 2.67. The number of likely N-dealkylation sites (tertiary alicyclic amines) is 1. The predicted molar refractivity (Wildman–Crippen MR) is 82.0 cm³/mol. The van der Waals surface area contributed by atoms with E-state index in [0.29, 0.717) is 0 Å². The van der Waals surface area contributed by atoms with Crippen molar-refractivity contribution >= 4 is 15.9 Å². The Kier molecular flexibility index (Phi) is 5.01. The van der Waals surface area contributed by atoms with Crippen LogP contribution in [0.25, 0.3) is 0 Å². The van der Waals surface area contributed by atoms with Gasteiger partial charge in [-0.2, -0.15) is 0 Å². The third kappa shape index (κ3) is 4.28. The van der Waals surface area contributed by atoms with E-state index < -0.39 is 5.60 Å². The third-order valence-electron chi connectivity index (χ3n) is 3.99. The van der Waals surface area contributed by atoms with Crippen molar-refractivity contribution in [2.45, 2.75) is 37.8 Å². The zero-order valence-electron chi connectivity index (χ0n) is 11.5. The van der Waals surface area contributed by atoms with Gasteiger partial charge in [0.1, 0.15) is 0 Å². The quantitative estimate of drug-likeness (QED) is 0.894. The number of benzene rings is 1. The van der Waals surface area contributed by atoms with Crippen LogP contribution in [0.5, 0.6) is 0 Å². The molecule has 3 N–H and O–H groups in total. The maximum Gasteiger partial charge on any atom is 0.0644 e. The summed E-state index contributed by atoms with van der Waals surface area (Å²) >= 11 is 3.55. The highest BCUT2D eigenvalue weighted by Gasteiger charge is 2.27. The van der Waals surface area contributed by atoms with E-state index in [2.05, 4.69) is 26.9 Å². The maximum absolute atomic E-state index is 9.93. The SMILES string of the molecule is CC1(O)CCN(CCC(N)c2ccccc2Br)CC1. The molecule has 1 heterocycles. The Morgan fingerprint density at radius 1 is 1.37 bits per heavy atom. The van der Waals surface area contributed by atoms with Crippen LogP contribution in [0.4, 0.5) is 0 Å². The van der Waals surface area contributed by atoms with Crippen LogP contribution in [-0.4, -0.2) is 35.2 Å². The van der Waals surface area contributed by atoms with Gasteiger partial charge in [0.05, 0.1) is 5.60 Å². The van der Waals surface area contributed by atoms with Crippen molar-refractivity contribution in [2.75, 3.05) is 19.6 Å². The van der Waals surface area contributed by atoms with Gasteiger partial charge >= 0.3 is 0 Å².